The first-order valence-corrected chi connectivity index (χ1v) is 8.84. The van der Waals surface area contributed by atoms with Crippen molar-refractivity contribution in [3.8, 4) is 0 Å². The number of hydrogen-bond donors (Lipinski definition) is 1. The van der Waals surface area contributed by atoms with Gasteiger partial charge in [0.25, 0.3) is 0 Å². The van der Waals surface area contributed by atoms with E-state index in [1.54, 1.807) is 0 Å². The maximum absolute atomic E-state index is 3.88. The lowest BCUT2D eigenvalue weighted by Crippen LogP contribution is -2.49. The molecule has 3 rings (SSSR count). The highest BCUT2D eigenvalue weighted by molar-refractivity contribution is 5.46. The zero-order valence-corrected chi connectivity index (χ0v) is 13.4. The van der Waals surface area contributed by atoms with Crippen LogP contribution in [0.25, 0.3) is 0 Å². The van der Waals surface area contributed by atoms with Crippen LogP contribution in [0.2, 0.25) is 0 Å². The lowest BCUT2D eigenvalue weighted by atomic mass is 9.88. The minimum absolute atomic E-state index is 0.663. The summed E-state index contributed by atoms with van der Waals surface area (Å²) in [6.07, 6.45) is 8.57. The molecule has 1 aliphatic heterocycles. The molecule has 1 aliphatic carbocycles. The molecule has 0 radical (unpaired) electrons. The fraction of sp³-hybridized carbons (Fsp3) is 0.684. The highest BCUT2D eigenvalue weighted by atomic mass is 15.2. The largest absolute Gasteiger partial charge is 0.370 e. The molecule has 0 spiro atoms. The number of piperidine rings is 1. The van der Waals surface area contributed by atoms with Crippen molar-refractivity contribution in [2.24, 2.45) is 11.8 Å². The van der Waals surface area contributed by atoms with Gasteiger partial charge in [0.1, 0.15) is 0 Å². The van der Waals surface area contributed by atoms with Gasteiger partial charge in [-0.2, -0.15) is 0 Å². The number of para-hydroxylation sites is 1. The Hall–Kier alpha value is -1.02. The molecule has 0 amide bonds. The van der Waals surface area contributed by atoms with Crippen LogP contribution >= 0.6 is 0 Å². The Bertz CT molecular complexity index is 411. The van der Waals surface area contributed by atoms with Crippen LogP contribution < -0.4 is 10.2 Å². The lowest BCUT2D eigenvalue weighted by Gasteiger charge is -2.39. The summed E-state index contributed by atoms with van der Waals surface area (Å²) in [5.74, 6) is 1.71. The second kappa shape index (κ2) is 7.31. The molecule has 1 heterocycles. The Labute approximate surface area is 129 Å². The second-order valence-corrected chi connectivity index (χ2v) is 7.19. The van der Waals surface area contributed by atoms with Crippen molar-refractivity contribution in [2.45, 2.75) is 51.5 Å². The topological polar surface area (TPSA) is 15.3 Å². The third-order valence-electron chi connectivity index (χ3n) is 5.20. The Morgan fingerprint density at radius 1 is 1.05 bits per heavy atom. The Morgan fingerprint density at radius 2 is 1.81 bits per heavy atom. The van der Waals surface area contributed by atoms with Gasteiger partial charge >= 0.3 is 0 Å². The van der Waals surface area contributed by atoms with Crippen molar-refractivity contribution in [2.75, 3.05) is 24.5 Å². The van der Waals surface area contributed by atoms with Crippen molar-refractivity contribution < 1.29 is 0 Å². The number of rotatable bonds is 4. The lowest BCUT2D eigenvalue weighted by molar-refractivity contribution is 0.295. The van der Waals surface area contributed by atoms with Crippen LogP contribution in [0.3, 0.4) is 0 Å². The van der Waals surface area contributed by atoms with E-state index in [-0.39, 0.29) is 0 Å². The first kappa shape index (κ1) is 14.9. The predicted molar refractivity (Wildman–Crippen MR) is 90.8 cm³/mol. The van der Waals surface area contributed by atoms with Crippen molar-refractivity contribution in [1.82, 2.24) is 5.32 Å². The average molecular weight is 286 g/mol. The summed E-state index contributed by atoms with van der Waals surface area (Å²) in [6.45, 7) is 6.00. The Kier molecular flexibility index (Phi) is 5.18. The van der Waals surface area contributed by atoms with Gasteiger partial charge in [0.15, 0.2) is 0 Å². The monoisotopic (exact) mass is 286 g/mol. The fourth-order valence-electron chi connectivity index (χ4n) is 4.07. The predicted octanol–water partition coefficient (Wildman–Crippen LogP) is 4.07. The minimum atomic E-state index is 0.663. The fourth-order valence-corrected chi connectivity index (χ4v) is 4.07. The maximum atomic E-state index is 3.88. The molecule has 2 atom stereocenters. The third kappa shape index (κ3) is 4.23. The number of anilines is 1. The number of hydrogen-bond acceptors (Lipinski definition) is 2. The van der Waals surface area contributed by atoms with E-state index in [1.807, 2.05) is 0 Å². The zero-order valence-electron chi connectivity index (χ0n) is 13.4. The molecule has 116 valence electrons. The molecule has 1 saturated heterocycles. The third-order valence-corrected chi connectivity index (χ3v) is 5.20. The molecule has 1 N–H and O–H groups in total. The zero-order chi connectivity index (χ0) is 14.5. The van der Waals surface area contributed by atoms with E-state index in [1.165, 1.54) is 63.8 Å². The van der Waals surface area contributed by atoms with Gasteiger partial charge in [-0.05, 0) is 49.8 Å². The van der Waals surface area contributed by atoms with Gasteiger partial charge in [0.2, 0.25) is 0 Å². The van der Waals surface area contributed by atoms with E-state index in [4.69, 9.17) is 0 Å². The van der Waals surface area contributed by atoms with Crippen LogP contribution in [0.1, 0.15) is 45.4 Å². The summed E-state index contributed by atoms with van der Waals surface area (Å²) in [5.41, 5.74) is 1.38. The molecule has 2 fully saturated rings. The van der Waals surface area contributed by atoms with Crippen molar-refractivity contribution in [3.05, 3.63) is 30.3 Å². The molecule has 1 saturated carbocycles. The van der Waals surface area contributed by atoms with Crippen LogP contribution in [-0.2, 0) is 0 Å². The molecule has 2 nitrogen and oxygen atoms in total. The van der Waals surface area contributed by atoms with Gasteiger partial charge < -0.3 is 10.2 Å². The van der Waals surface area contributed by atoms with Gasteiger partial charge in [-0.1, -0.05) is 44.4 Å². The van der Waals surface area contributed by atoms with Gasteiger partial charge in [0, 0.05) is 24.8 Å². The molecule has 2 unspecified atom stereocenters. The normalized spacial score (nSPS) is 27.8. The standard InChI is InChI=1S/C19H30N2/c1-16-12-18(20-13-17-8-4-2-5-9-17)15-21(14-16)19-10-6-3-7-11-19/h3,6-7,10-11,16-18,20H,2,4-5,8-9,12-15H2,1H3. The van der Waals surface area contributed by atoms with Crippen LogP contribution in [0.5, 0.6) is 0 Å². The molecule has 2 heteroatoms. The van der Waals surface area contributed by atoms with Gasteiger partial charge in [-0.15, -0.1) is 0 Å². The molecule has 21 heavy (non-hydrogen) atoms. The number of benzene rings is 1. The van der Waals surface area contributed by atoms with Crippen LogP contribution in [0.15, 0.2) is 30.3 Å². The SMILES string of the molecule is CC1CC(NCC2CCCCC2)CN(c2ccccc2)C1. The first-order chi connectivity index (χ1) is 10.3. The van der Waals surface area contributed by atoms with E-state index in [0.29, 0.717) is 6.04 Å². The van der Waals surface area contributed by atoms with Crippen LogP contribution in [0.4, 0.5) is 5.69 Å². The highest BCUT2D eigenvalue weighted by Crippen LogP contribution is 2.25. The molecule has 1 aromatic rings. The summed E-state index contributed by atoms with van der Waals surface area (Å²) >= 11 is 0. The van der Waals surface area contributed by atoms with E-state index >= 15 is 0 Å². The Morgan fingerprint density at radius 3 is 2.57 bits per heavy atom. The van der Waals surface area contributed by atoms with E-state index in [2.05, 4.69) is 47.5 Å². The average Bonchev–Trinajstić information content (AvgIpc) is 2.54. The van der Waals surface area contributed by atoms with Crippen LogP contribution in [0, 0.1) is 11.8 Å². The van der Waals surface area contributed by atoms with Crippen molar-refractivity contribution >= 4 is 5.69 Å². The number of nitrogens with one attached hydrogen (secondary N) is 1. The molecule has 0 aromatic heterocycles. The van der Waals surface area contributed by atoms with Gasteiger partial charge in [-0.3, -0.25) is 0 Å². The van der Waals surface area contributed by atoms with E-state index < -0.39 is 0 Å². The summed E-state index contributed by atoms with van der Waals surface area (Å²) < 4.78 is 0. The smallest absolute Gasteiger partial charge is 0.0366 e. The minimum Gasteiger partial charge on any atom is -0.370 e. The van der Waals surface area contributed by atoms with Crippen LogP contribution in [-0.4, -0.2) is 25.7 Å². The van der Waals surface area contributed by atoms with Gasteiger partial charge in [-0.25, -0.2) is 0 Å². The maximum Gasteiger partial charge on any atom is 0.0366 e. The summed E-state index contributed by atoms with van der Waals surface area (Å²) in [5, 5.41) is 3.88. The molecule has 2 aliphatic rings. The summed E-state index contributed by atoms with van der Waals surface area (Å²) in [4.78, 5) is 2.56. The summed E-state index contributed by atoms with van der Waals surface area (Å²) in [7, 11) is 0. The quantitative estimate of drug-likeness (QED) is 0.897. The molecular formula is C19H30N2. The highest BCUT2D eigenvalue weighted by Gasteiger charge is 2.25. The first-order valence-electron chi connectivity index (χ1n) is 8.84. The Balaban J connectivity index is 1.53. The second-order valence-electron chi connectivity index (χ2n) is 7.19. The molecule has 1 aromatic carbocycles. The number of nitrogens with zero attached hydrogens (tertiary/aromatic N) is 1. The molecule has 0 bridgehead atoms. The molecular weight excluding hydrogens is 256 g/mol. The van der Waals surface area contributed by atoms with Crippen molar-refractivity contribution in [1.29, 1.82) is 0 Å². The summed E-state index contributed by atoms with van der Waals surface area (Å²) in [6, 6.07) is 11.6. The van der Waals surface area contributed by atoms with Gasteiger partial charge in [0.05, 0.1) is 0 Å². The van der Waals surface area contributed by atoms with E-state index in [9.17, 15) is 0 Å². The van der Waals surface area contributed by atoms with Crippen molar-refractivity contribution in [3.63, 3.8) is 0 Å². The van der Waals surface area contributed by atoms with E-state index in [0.717, 1.165) is 11.8 Å².